The Hall–Kier alpha value is -1.14. The fourth-order valence-electron chi connectivity index (χ4n) is 1.66. The Balaban J connectivity index is 3.57. The summed E-state index contributed by atoms with van der Waals surface area (Å²) in [6.07, 6.45) is 4.65. The van der Waals surface area contributed by atoms with Gasteiger partial charge in [-0.25, -0.2) is 0 Å². The lowest BCUT2D eigenvalue weighted by Crippen LogP contribution is -2.37. The topological polar surface area (TPSA) is 113 Å². The molecule has 0 aromatic carbocycles. The van der Waals surface area contributed by atoms with Crippen LogP contribution in [0.1, 0.15) is 44.9 Å². The average Bonchev–Trinajstić information content (AvgIpc) is 2.30. The molecule has 106 valence electrons. The first-order valence-electron chi connectivity index (χ1n) is 6.46. The Morgan fingerprint density at radius 1 is 1.06 bits per heavy atom. The minimum absolute atomic E-state index is 0.179. The number of rotatable bonds is 12. The van der Waals surface area contributed by atoms with Gasteiger partial charge in [0.05, 0.1) is 0 Å². The van der Waals surface area contributed by atoms with Crippen molar-refractivity contribution in [2.24, 2.45) is 5.73 Å². The summed E-state index contributed by atoms with van der Waals surface area (Å²) in [5.74, 6) is -1.62. The second-order valence-electron chi connectivity index (χ2n) is 4.33. The largest absolute Gasteiger partial charge is 0.481 e. The van der Waals surface area contributed by atoms with E-state index in [1.807, 2.05) is 0 Å². The Bertz CT molecular complexity index is 246. The fourth-order valence-corrected chi connectivity index (χ4v) is 1.66. The summed E-state index contributed by atoms with van der Waals surface area (Å²) in [6, 6.07) is -0.518. The second-order valence-corrected chi connectivity index (χ2v) is 4.33. The molecule has 6 heteroatoms. The molecule has 0 aromatic heterocycles. The molecule has 0 aliphatic rings. The van der Waals surface area contributed by atoms with Crippen molar-refractivity contribution in [3.05, 3.63) is 0 Å². The van der Waals surface area contributed by atoms with Gasteiger partial charge in [-0.2, -0.15) is 0 Å². The average molecular weight is 260 g/mol. The van der Waals surface area contributed by atoms with Crippen molar-refractivity contribution in [2.75, 3.05) is 13.1 Å². The molecule has 0 aliphatic carbocycles. The molecule has 6 nitrogen and oxygen atoms in total. The highest BCUT2D eigenvalue weighted by Gasteiger charge is 2.15. The van der Waals surface area contributed by atoms with Crippen LogP contribution in [-0.4, -0.2) is 41.3 Å². The van der Waals surface area contributed by atoms with E-state index in [9.17, 15) is 9.59 Å². The maximum absolute atomic E-state index is 10.9. The van der Waals surface area contributed by atoms with E-state index in [2.05, 4.69) is 5.32 Å². The van der Waals surface area contributed by atoms with E-state index in [1.54, 1.807) is 0 Å². The number of carboxylic acids is 2. The monoisotopic (exact) mass is 260 g/mol. The molecule has 0 amide bonds. The van der Waals surface area contributed by atoms with Crippen LogP contribution in [0.2, 0.25) is 0 Å². The number of unbranched alkanes of at least 4 members (excludes halogenated alkanes) is 3. The van der Waals surface area contributed by atoms with E-state index >= 15 is 0 Å². The van der Waals surface area contributed by atoms with Crippen molar-refractivity contribution in [3.63, 3.8) is 0 Å². The molecule has 0 unspecified atom stereocenters. The van der Waals surface area contributed by atoms with Gasteiger partial charge in [0.15, 0.2) is 0 Å². The van der Waals surface area contributed by atoms with Gasteiger partial charge in [0, 0.05) is 6.42 Å². The Kier molecular flexibility index (Phi) is 10.3. The quantitative estimate of drug-likeness (QED) is 0.386. The second kappa shape index (κ2) is 11.0. The van der Waals surface area contributed by atoms with Crippen molar-refractivity contribution < 1.29 is 19.8 Å². The van der Waals surface area contributed by atoms with Gasteiger partial charge in [-0.1, -0.05) is 12.8 Å². The Labute approximate surface area is 108 Å². The standard InChI is InChI=1S/C12H24N2O4/c13-8-4-3-6-10(12(17)18)14-9-5-1-2-7-11(15)16/h10,14H,1-9,13H2,(H,15,16)(H,17,18)/t10-/m0/s1. The SMILES string of the molecule is NCCCC[C@H](NCCCCCC(=O)O)C(=O)O. The summed E-state index contributed by atoms with van der Waals surface area (Å²) < 4.78 is 0. The number of hydrogen-bond acceptors (Lipinski definition) is 4. The first-order valence-corrected chi connectivity index (χ1v) is 6.46. The minimum atomic E-state index is -0.836. The van der Waals surface area contributed by atoms with Crippen LogP contribution in [0.5, 0.6) is 0 Å². The van der Waals surface area contributed by atoms with Crippen molar-refractivity contribution in [1.29, 1.82) is 0 Å². The van der Waals surface area contributed by atoms with Crippen LogP contribution in [-0.2, 0) is 9.59 Å². The molecule has 0 fully saturated rings. The highest BCUT2D eigenvalue weighted by atomic mass is 16.4. The molecule has 0 spiro atoms. The summed E-state index contributed by atoms with van der Waals surface area (Å²) in [6.45, 7) is 1.20. The number of hydrogen-bond donors (Lipinski definition) is 4. The van der Waals surface area contributed by atoms with E-state index in [4.69, 9.17) is 15.9 Å². The lowest BCUT2D eigenvalue weighted by Gasteiger charge is -2.13. The van der Waals surface area contributed by atoms with Gasteiger partial charge in [-0.15, -0.1) is 0 Å². The van der Waals surface area contributed by atoms with Gasteiger partial charge >= 0.3 is 11.9 Å². The molecule has 0 rings (SSSR count). The van der Waals surface area contributed by atoms with Gasteiger partial charge in [0.25, 0.3) is 0 Å². The lowest BCUT2D eigenvalue weighted by atomic mass is 10.1. The zero-order valence-corrected chi connectivity index (χ0v) is 10.7. The first-order chi connectivity index (χ1) is 8.57. The van der Waals surface area contributed by atoms with Crippen molar-refractivity contribution in [3.8, 4) is 0 Å². The van der Waals surface area contributed by atoms with Crippen LogP contribution in [0.15, 0.2) is 0 Å². The van der Waals surface area contributed by atoms with Gasteiger partial charge in [-0.3, -0.25) is 9.59 Å². The molecular weight excluding hydrogens is 236 g/mol. The molecule has 0 aromatic rings. The highest BCUT2D eigenvalue weighted by molar-refractivity contribution is 5.73. The van der Waals surface area contributed by atoms with E-state index in [0.717, 1.165) is 25.7 Å². The summed E-state index contributed by atoms with van der Waals surface area (Å²) in [5, 5.41) is 20.4. The van der Waals surface area contributed by atoms with E-state index in [1.165, 1.54) is 0 Å². The number of carbonyl (C=O) groups is 2. The van der Waals surface area contributed by atoms with Crippen molar-refractivity contribution >= 4 is 11.9 Å². The molecule has 18 heavy (non-hydrogen) atoms. The van der Waals surface area contributed by atoms with Crippen LogP contribution < -0.4 is 11.1 Å². The molecule has 0 saturated heterocycles. The van der Waals surface area contributed by atoms with Gasteiger partial charge < -0.3 is 21.3 Å². The molecule has 1 atom stereocenters. The third-order valence-corrected chi connectivity index (χ3v) is 2.70. The minimum Gasteiger partial charge on any atom is -0.481 e. The highest BCUT2D eigenvalue weighted by Crippen LogP contribution is 2.03. The van der Waals surface area contributed by atoms with Crippen molar-refractivity contribution in [1.82, 2.24) is 5.32 Å². The van der Waals surface area contributed by atoms with E-state index in [-0.39, 0.29) is 6.42 Å². The lowest BCUT2D eigenvalue weighted by molar-refractivity contribution is -0.139. The zero-order valence-electron chi connectivity index (χ0n) is 10.7. The molecule has 0 saturated carbocycles. The molecule has 5 N–H and O–H groups in total. The maximum Gasteiger partial charge on any atom is 0.320 e. The van der Waals surface area contributed by atoms with Crippen LogP contribution in [0.25, 0.3) is 0 Å². The van der Waals surface area contributed by atoms with Crippen molar-refractivity contribution in [2.45, 2.75) is 51.0 Å². The number of aliphatic carboxylic acids is 2. The number of nitrogens with one attached hydrogen (secondary N) is 1. The zero-order chi connectivity index (χ0) is 13.8. The Morgan fingerprint density at radius 2 is 1.78 bits per heavy atom. The smallest absolute Gasteiger partial charge is 0.320 e. The molecular formula is C12H24N2O4. The van der Waals surface area contributed by atoms with Gasteiger partial charge in [0.1, 0.15) is 6.04 Å². The molecule has 0 aliphatic heterocycles. The van der Waals surface area contributed by atoms with Gasteiger partial charge in [0.2, 0.25) is 0 Å². The molecule has 0 bridgehead atoms. The Morgan fingerprint density at radius 3 is 2.33 bits per heavy atom. The van der Waals surface area contributed by atoms with E-state index in [0.29, 0.717) is 25.9 Å². The fraction of sp³-hybridized carbons (Fsp3) is 0.833. The van der Waals surface area contributed by atoms with Crippen LogP contribution in [0, 0.1) is 0 Å². The molecule has 0 radical (unpaired) electrons. The molecule has 0 heterocycles. The van der Waals surface area contributed by atoms with Crippen LogP contribution in [0.3, 0.4) is 0 Å². The normalized spacial score (nSPS) is 12.3. The number of carboxylic acid groups (broad SMARTS) is 2. The predicted octanol–water partition coefficient (Wildman–Crippen LogP) is 0.803. The third kappa shape index (κ3) is 10.0. The van der Waals surface area contributed by atoms with Crippen LogP contribution >= 0.6 is 0 Å². The van der Waals surface area contributed by atoms with Crippen LogP contribution in [0.4, 0.5) is 0 Å². The maximum atomic E-state index is 10.9. The summed E-state index contributed by atoms with van der Waals surface area (Å²) in [5.41, 5.74) is 5.35. The summed E-state index contributed by atoms with van der Waals surface area (Å²) >= 11 is 0. The van der Waals surface area contributed by atoms with E-state index < -0.39 is 18.0 Å². The number of nitrogens with two attached hydrogens (primary N) is 1. The van der Waals surface area contributed by atoms with Gasteiger partial charge in [-0.05, 0) is 38.8 Å². The third-order valence-electron chi connectivity index (χ3n) is 2.70. The first kappa shape index (κ1) is 16.9. The summed E-state index contributed by atoms with van der Waals surface area (Å²) in [4.78, 5) is 21.2. The summed E-state index contributed by atoms with van der Waals surface area (Å²) in [7, 11) is 0. The predicted molar refractivity (Wildman–Crippen MR) is 68.4 cm³/mol.